The Bertz CT molecular complexity index is 1070. The fraction of sp³-hybridized carbons (Fsp3) is 0.529. The Kier molecular flexibility index (Phi) is 8.85. The first-order chi connectivity index (χ1) is 17.7. The highest BCUT2D eigenvalue weighted by Gasteiger charge is 2.31. The molecule has 0 saturated heterocycles. The third-order valence-electron chi connectivity index (χ3n) is 8.86. The number of benzene rings is 1. The van der Waals surface area contributed by atoms with E-state index < -0.39 is 0 Å². The molecule has 3 atom stereocenters. The van der Waals surface area contributed by atoms with Gasteiger partial charge < -0.3 is 15.5 Å². The zero-order valence-corrected chi connectivity index (χ0v) is 23.8. The maximum absolute atomic E-state index is 4.48. The largest absolute Gasteiger partial charge is 0.390 e. The van der Waals surface area contributed by atoms with Crippen LogP contribution in [0.5, 0.6) is 0 Å². The van der Waals surface area contributed by atoms with Gasteiger partial charge in [-0.2, -0.15) is 0 Å². The van der Waals surface area contributed by atoms with Crippen molar-refractivity contribution in [3.8, 4) is 0 Å². The fourth-order valence-electron chi connectivity index (χ4n) is 6.64. The number of hydrogen-bond acceptors (Lipinski definition) is 3. The van der Waals surface area contributed by atoms with Crippen molar-refractivity contribution in [1.82, 2.24) is 15.5 Å². The Morgan fingerprint density at radius 1 is 1.24 bits per heavy atom. The van der Waals surface area contributed by atoms with E-state index in [-0.39, 0.29) is 6.04 Å². The van der Waals surface area contributed by atoms with Crippen molar-refractivity contribution in [2.45, 2.75) is 90.8 Å². The minimum Gasteiger partial charge on any atom is -0.390 e. The highest BCUT2D eigenvalue weighted by molar-refractivity contribution is 5.70. The lowest BCUT2D eigenvalue weighted by molar-refractivity contribution is 0.265. The van der Waals surface area contributed by atoms with Gasteiger partial charge in [0.2, 0.25) is 0 Å². The molecule has 0 aromatic heterocycles. The summed E-state index contributed by atoms with van der Waals surface area (Å²) in [5.74, 6) is 0.696. The average molecular weight is 500 g/mol. The lowest BCUT2D eigenvalue weighted by atomic mass is 9.79. The summed E-state index contributed by atoms with van der Waals surface area (Å²) in [6, 6.07) is 7.95. The number of hydrogen-bond donors (Lipinski definition) is 2. The minimum atomic E-state index is 0.232. The number of nitrogens with one attached hydrogen (secondary N) is 2. The minimum absolute atomic E-state index is 0.232. The van der Waals surface area contributed by atoms with Crippen LogP contribution in [-0.2, 0) is 13.0 Å². The Labute approximate surface area is 226 Å². The van der Waals surface area contributed by atoms with Gasteiger partial charge in [0, 0.05) is 43.1 Å². The average Bonchev–Trinajstić information content (AvgIpc) is 3.19. The van der Waals surface area contributed by atoms with Gasteiger partial charge in [-0.25, -0.2) is 0 Å². The van der Waals surface area contributed by atoms with Crippen LogP contribution >= 0.6 is 0 Å². The van der Waals surface area contributed by atoms with Crippen LogP contribution in [0.25, 0.3) is 5.70 Å². The van der Waals surface area contributed by atoms with Crippen LogP contribution in [0.15, 0.2) is 73.0 Å². The van der Waals surface area contributed by atoms with Gasteiger partial charge in [-0.05, 0) is 73.5 Å². The van der Waals surface area contributed by atoms with Gasteiger partial charge in [0.1, 0.15) is 0 Å². The summed E-state index contributed by atoms with van der Waals surface area (Å²) in [5.41, 5.74) is 9.58. The topological polar surface area (TPSA) is 27.3 Å². The second-order valence-electron chi connectivity index (χ2n) is 12.2. The van der Waals surface area contributed by atoms with E-state index in [4.69, 9.17) is 0 Å². The van der Waals surface area contributed by atoms with E-state index in [1.165, 1.54) is 53.5 Å². The van der Waals surface area contributed by atoms with Crippen LogP contribution < -0.4 is 10.6 Å². The smallest absolute Gasteiger partial charge is 0.0688 e. The van der Waals surface area contributed by atoms with Crippen molar-refractivity contribution in [3.05, 3.63) is 89.7 Å². The number of allylic oxidation sites excluding steroid dienone is 3. The molecule has 1 aromatic rings. The Morgan fingerprint density at radius 2 is 2.03 bits per heavy atom. The molecule has 37 heavy (non-hydrogen) atoms. The molecule has 1 fully saturated rings. The van der Waals surface area contributed by atoms with E-state index in [9.17, 15) is 0 Å². The molecule has 0 amide bonds. The highest BCUT2D eigenvalue weighted by atomic mass is 15.2. The zero-order valence-electron chi connectivity index (χ0n) is 23.8. The first kappa shape index (κ1) is 27.5. The molecule has 3 aliphatic rings. The summed E-state index contributed by atoms with van der Waals surface area (Å²) < 4.78 is 0. The Morgan fingerprint density at radius 3 is 2.76 bits per heavy atom. The molecule has 2 N–H and O–H groups in total. The Balaban J connectivity index is 1.42. The quantitative estimate of drug-likeness (QED) is 0.308. The van der Waals surface area contributed by atoms with Crippen LogP contribution in [-0.4, -0.2) is 30.6 Å². The molecule has 4 rings (SSSR count). The molecule has 3 nitrogen and oxygen atoms in total. The van der Waals surface area contributed by atoms with Gasteiger partial charge >= 0.3 is 0 Å². The molecular weight excluding hydrogens is 450 g/mol. The number of fused-ring (bicyclic) bond motifs is 1. The normalized spacial score (nSPS) is 23.7. The van der Waals surface area contributed by atoms with E-state index in [0.717, 1.165) is 50.2 Å². The molecule has 1 saturated carbocycles. The molecule has 1 aromatic carbocycles. The van der Waals surface area contributed by atoms with Crippen molar-refractivity contribution in [2.24, 2.45) is 11.3 Å². The molecule has 0 radical (unpaired) electrons. The van der Waals surface area contributed by atoms with Gasteiger partial charge in [0.05, 0.1) is 6.04 Å². The van der Waals surface area contributed by atoms with Crippen molar-refractivity contribution in [2.75, 3.05) is 13.6 Å². The molecule has 1 aliphatic heterocycles. The van der Waals surface area contributed by atoms with Gasteiger partial charge in [-0.15, -0.1) is 6.58 Å². The van der Waals surface area contributed by atoms with Gasteiger partial charge in [-0.1, -0.05) is 81.8 Å². The van der Waals surface area contributed by atoms with Gasteiger partial charge in [0.15, 0.2) is 0 Å². The van der Waals surface area contributed by atoms with Crippen LogP contribution in [0.4, 0.5) is 0 Å². The summed E-state index contributed by atoms with van der Waals surface area (Å²) in [4.78, 5) is 2.43. The second kappa shape index (κ2) is 11.9. The van der Waals surface area contributed by atoms with Crippen molar-refractivity contribution in [3.63, 3.8) is 0 Å². The molecule has 0 spiro atoms. The zero-order chi connectivity index (χ0) is 26.6. The molecule has 0 bridgehead atoms. The van der Waals surface area contributed by atoms with E-state index in [2.05, 4.69) is 86.4 Å². The molecule has 3 heteroatoms. The molecular formula is C34H49N3. The predicted molar refractivity (Wildman–Crippen MR) is 160 cm³/mol. The van der Waals surface area contributed by atoms with E-state index >= 15 is 0 Å². The third kappa shape index (κ3) is 6.49. The van der Waals surface area contributed by atoms with Crippen molar-refractivity contribution in [1.29, 1.82) is 0 Å². The maximum Gasteiger partial charge on any atom is 0.0688 e. The maximum atomic E-state index is 4.48. The van der Waals surface area contributed by atoms with Gasteiger partial charge in [-0.3, -0.25) is 0 Å². The van der Waals surface area contributed by atoms with Crippen LogP contribution in [0.1, 0.15) is 82.4 Å². The second-order valence-corrected chi connectivity index (χ2v) is 12.2. The molecule has 200 valence electrons. The first-order valence-electron chi connectivity index (χ1n) is 14.4. The number of likely N-dealkylation sites (N-methyl/N-ethyl adjacent to an activating group) is 1. The SMILES string of the molecule is C=CCCC(C(=C)NC)N1Cc2cc(CC3CCCCC3NCC3=CCC(C)(C)C=C3C)ccc2C1=C. The molecule has 3 unspecified atom stereocenters. The van der Waals surface area contributed by atoms with Crippen molar-refractivity contribution < 1.29 is 0 Å². The molecule has 1 heterocycles. The van der Waals surface area contributed by atoms with E-state index in [1.54, 1.807) is 0 Å². The predicted octanol–water partition coefficient (Wildman–Crippen LogP) is 7.53. The summed E-state index contributed by atoms with van der Waals surface area (Å²) in [6.45, 7) is 21.5. The number of nitrogens with zero attached hydrogens (tertiary/aromatic N) is 1. The van der Waals surface area contributed by atoms with E-state index in [1.807, 2.05) is 13.1 Å². The summed E-state index contributed by atoms with van der Waals surface area (Å²) in [6.07, 6.45) is 16.5. The van der Waals surface area contributed by atoms with Crippen molar-refractivity contribution >= 4 is 5.70 Å². The van der Waals surface area contributed by atoms with Crippen LogP contribution in [0.3, 0.4) is 0 Å². The number of rotatable bonds is 11. The Hall–Kier alpha value is -2.52. The monoisotopic (exact) mass is 499 g/mol. The standard InChI is InChI=1S/C34H49N3/c1-8-9-14-33(25(3)35-7)37-23-30-20-27(15-16-31(30)26(37)4)19-28-12-10-11-13-32(28)36-22-29-17-18-34(5,6)21-24(29)2/h8,15-17,20-21,28,32-33,35-36H,1,3-4,9-14,18-19,22-23H2,2,5-7H3. The van der Waals surface area contributed by atoms with Crippen LogP contribution in [0.2, 0.25) is 0 Å². The lowest BCUT2D eigenvalue weighted by Gasteiger charge is -2.34. The van der Waals surface area contributed by atoms with Crippen LogP contribution in [0, 0.1) is 11.3 Å². The van der Waals surface area contributed by atoms with Gasteiger partial charge in [0.25, 0.3) is 0 Å². The fourth-order valence-corrected chi connectivity index (χ4v) is 6.64. The summed E-state index contributed by atoms with van der Waals surface area (Å²) in [5, 5.41) is 7.27. The lowest BCUT2D eigenvalue weighted by Crippen LogP contribution is -2.40. The van der Waals surface area contributed by atoms with E-state index in [0.29, 0.717) is 17.4 Å². The molecule has 2 aliphatic carbocycles. The summed E-state index contributed by atoms with van der Waals surface area (Å²) in [7, 11) is 1.96. The first-order valence-corrected chi connectivity index (χ1v) is 14.4. The third-order valence-corrected chi connectivity index (χ3v) is 8.86. The highest BCUT2D eigenvalue weighted by Crippen LogP contribution is 2.37. The summed E-state index contributed by atoms with van der Waals surface area (Å²) >= 11 is 0.